The van der Waals surface area contributed by atoms with Gasteiger partial charge in [0.15, 0.2) is 0 Å². The van der Waals surface area contributed by atoms with Crippen LogP contribution in [-0.2, 0) is 6.42 Å². The van der Waals surface area contributed by atoms with Gasteiger partial charge < -0.3 is 9.67 Å². The van der Waals surface area contributed by atoms with Gasteiger partial charge in [0.1, 0.15) is 16.7 Å². The standard InChI is InChI=1S/C14H15BrN2O/c1-9-5-7-10(8-6-9)14-16-13(15)11-3-2-4-12(18)17(11)14/h5-8,12,18H,2-4H2,1H3. The molecular weight excluding hydrogens is 292 g/mol. The van der Waals surface area contributed by atoms with Gasteiger partial charge in [0.2, 0.25) is 0 Å². The summed E-state index contributed by atoms with van der Waals surface area (Å²) >= 11 is 3.50. The lowest BCUT2D eigenvalue weighted by Gasteiger charge is -2.23. The molecule has 2 aromatic rings. The number of aliphatic hydroxyl groups is 1. The van der Waals surface area contributed by atoms with Crippen LogP contribution < -0.4 is 0 Å². The minimum atomic E-state index is -0.455. The van der Waals surface area contributed by atoms with Crippen LogP contribution in [0.1, 0.15) is 30.3 Å². The summed E-state index contributed by atoms with van der Waals surface area (Å²) in [7, 11) is 0. The van der Waals surface area contributed by atoms with Crippen molar-refractivity contribution < 1.29 is 5.11 Å². The highest BCUT2D eigenvalue weighted by atomic mass is 79.9. The Bertz CT molecular complexity index is 574. The Hall–Kier alpha value is -1.13. The van der Waals surface area contributed by atoms with E-state index in [9.17, 15) is 5.11 Å². The van der Waals surface area contributed by atoms with Gasteiger partial charge in [0, 0.05) is 5.56 Å². The Balaban J connectivity index is 2.15. The van der Waals surface area contributed by atoms with E-state index in [2.05, 4.69) is 52.1 Å². The van der Waals surface area contributed by atoms with Crippen molar-refractivity contribution in [2.75, 3.05) is 0 Å². The number of benzene rings is 1. The van der Waals surface area contributed by atoms with Gasteiger partial charge in [-0.3, -0.25) is 0 Å². The van der Waals surface area contributed by atoms with Crippen molar-refractivity contribution in [2.45, 2.75) is 32.4 Å². The minimum absolute atomic E-state index is 0.455. The normalized spacial score (nSPS) is 18.7. The quantitative estimate of drug-likeness (QED) is 0.876. The van der Waals surface area contributed by atoms with E-state index in [1.165, 1.54) is 5.56 Å². The zero-order chi connectivity index (χ0) is 12.7. The Morgan fingerprint density at radius 1 is 1.33 bits per heavy atom. The molecule has 4 heteroatoms. The van der Waals surface area contributed by atoms with Crippen LogP contribution in [0.25, 0.3) is 11.4 Å². The van der Waals surface area contributed by atoms with Crippen LogP contribution in [0.5, 0.6) is 0 Å². The molecule has 0 aliphatic carbocycles. The molecule has 0 bridgehead atoms. The monoisotopic (exact) mass is 306 g/mol. The van der Waals surface area contributed by atoms with Crippen LogP contribution in [0.3, 0.4) is 0 Å². The second kappa shape index (κ2) is 4.52. The number of hydrogen-bond acceptors (Lipinski definition) is 2. The predicted octanol–water partition coefficient (Wildman–Crippen LogP) is 3.45. The molecule has 2 heterocycles. The maximum Gasteiger partial charge on any atom is 0.143 e. The first kappa shape index (κ1) is 11.9. The average molecular weight is 307 g/mol. The molecule has 0 spiro atoms. The van der Waals surface area contributed by atoms with Crippen LogP contribution >= 0.6 is 15.9 Å². The van der Waals surface area contributed by atoms with Gasteiger partial charge in [-0.2, -0.15) is 0 Å². The van der Waals surface area contributed by atoms with E-state index in [1.807, 2.05) is 4.57 Å². The zero-order valence-electron chi connectivity index (χ0n) is 10.2. The molecule has 1 atom stereocenters. The third kappa shape index (κ3) is 1.89. The number of aliphatic hydroxyl groups excluding tert-OH is 1. The number of rotatable bonds is 1. The summed E-state index contributed by atoms with van der Waals surface area (Å²) in [4.78, 5) is 4.56. The molecule has 0 radical (unpaired) electrons. The molecule has 3 nitrogen and oxygen atoms in total. The van der Waals surface area contributed by atoms with Crippen LogP contribution in [0, 0.1) is 6.92 Å². The number of halogens is 1. The first-order valence-corrected chi connectivity index (χ1v) is 6.98. The van der Waals surface area contributed by atoms with E-state index in [0.717, 1.165) is 40.9 Å². The smallest absolute Gasteiger partial charge is 0.143 e. The molecule has 0 saturated heterocycles. The summed E-state index contributed by atoms with van der Waals surface area (Å²) in [6.07, 6.45) is 2.33. The van der Waals surface area contributed by atoms with Gasteiger partial charge in [-0.15, -0.1) is 0 Å². The van der Waals surface area contributed by atoms with Gasteiger partial charge in [-0.25, -0.2) is 4.98 Å². The van der Waals surface area contributed by atoms with Gasteiger partial charge >= 0.3 is 0 Å². The lowest BCUT2D eigenvalue weighted by atomic mass is 10.1. The van der Waals surface area contributed by atoms with Gasteiger partial charge in [-0.05, 0) is 42.1 Å². The van der Waals surface area contributed by atoms with Gasteiger partial charge in [0.05, 0.1) is 5.69 Å². The molecule has 0 fully saturated rings. The van der Waals surface area contributed by atoms with Crippen LogP contribution in [0.2, 0.25) is 0 Å². The van der Waals surface area contributed by atoms with Crippen LogP contribution in [0.4, 0.5) is 0 Å². The van der Waals surface area contributed by atoms with Crippen molar-refractivity contribution >= 4 is 15.9 Å². The zero-order valence-corrected chi connectivity index (χ0v) is 11.8. The Morgan fingerprint density at radius 2 is 2.06 bits per heavy atom. The molecule has 0 amide bonds. The van der Waals surface area contributed by atoms with Crippen molar-refractivity contribution in [1.82, 2.24) is 9.55 Å². The molecule has 18 heavy (non-hydrogen) atoms. The summed E-state index contributed by atoms with van der Waals surface area (Å²) in [6, 6.07) is 8.25. The Kier molecular flexibility index (Phi) is 2.99. The first-order chi connectivity index (χ1) is 8.66. The summed E-state index contributed by atoms with van der Waals surface area (Å²) in [5.74, 6) is 0.851. The predicted molar refractivity (Wildman–Crippen MR) is 74.3 cm³/mol. The third-order valence-electron chi connectivity index (χ3n) is 3.44. The highest BCUT2D eigenvalue weighted by Crippen LogP contribution is 2.34. The Labute approximate surface area is 115 Å². The molecule has 94 valence electrons. The number of imidazole rings is 1. The van der Waals surface area contributed by atoms with Crippen LogP contribution in [-0.4, -0.2) is 14.7 Å². The topological polar surface area (TPSA) is 38.0 Å². The maximum absolute atomic E-state index is 10.2. The highest BCUT2D eigenvalue weighted by molar-refractivity contribution is 9.10. The lowest BCUT2D eigenvalue weighted by Crippen LogP contribution is -2.17. The fourth-order valence-electron chi connectivity index (χ4n) is 2.47. The minimum Gasteiger partial charge on any atom is -0.373 e. The van der Waals surface area contributed by atoms with Gasteiger partial charge in [0.25, 0.3) is 0 Å². The maximum atomic E-state index is 10.2. The number of nitrogens with zero attached hydrogens (tertiary/aromatic N) is 2. The van der Waals surface area contributed by atoms with E-state index in [-0.39, 0.29) is 0 Å². The van der Waals surface area contributed by atoms with E-state index >= 15 is 0 Å². The number of aromatic nitrogens is 2. The van der Waals surface area contributed by atoms with E-state index in [0.29, 0.717) is 0 Å². The molecule has 1 N–H and O–H groups in total. The SMILES string of the molecule is Cc1ccc(-c2nc(Br)c3n2C(O)CCC3)cc1. The Morgan fingerprint density at radius 3 is 2.78 bits per heavy atom. The second-order valence-corrected chi connectivity index (χ2v) is 5.53. The summed E-state index contributed by atoms with van der Waals surface area (Å²) in [6.45, 7) is 2.07. The first-order valence-electron chi connectivity index (χ1n) is 6.18. The fraction of sp³-hybridized carbons (Fsp3) is 0.357. The number of hydrogen-bond donors (Lipinski definition) is 1. The number of fused-ring (bicyclic) bond motifs is 1. The van der Waals surface area contributed by atoms with Gasteiger partial charge in [-0.1, -0.05) is 29.8 Å². The molecule has 1 aromatic carbocycles. The molecule has 1 unspecified atom stereocenters. The van der Waals surface area contributed by atoms with Crippen molar-refractivity contribution in [3.63, 3.8) is 0 Å². The third-order valence-corrected chi connectivity index (χ3v) is 4.08. The molecular formula is C14H15BrN2O. The molecule has 3 rings (SSSR count). The summed E-state index contributed by atoms with van der Waals surface area (Å²) in [5.41, 5.74) is 3.38. The molecule has 0 saturated carbocycles. The molecule has 1 aromatic heterocycles. The van der Waals surface area contributed by atoms with Crippen molar-refractivity contribution in [1.29, 1.82) is 0 Å². The average Bonchev–Trinajstić information content (AvgIpc) is 2.70. The summed E-state index contributed by atoms with van der Waals surface area (Å²) < 4.78 is 2.81. The lowest BCUT2D eigenvalue weighted by molar-refractivity contribution is 0.0805. The number of aryl methyl sites for hydroxylation is 1. The van der Waals surface area contributed by atoms with E-state index < -0.39 is 6.23 Å². The summed E-state index contributed by atoms with van der Waals surface area (Å²) in [5, 5.41) is 10.2. The van der Waals surface area contributed by atoms with Crippen LogP contribution in [0.15, 0.2) is 28.9 Å². The van der Waals surface area contributed by atoms with Crippen molar-refractivity contribution in [3.8, 4) is 11.4 Å². The van der Waals surface area contributed by atoms with E-state index in [4.69, 9.17) is 0 Å². The molecule has 1 aliphatic heterocycles. The van der Waals surface area contributed by atoms with E-state index in [1.54, 1.807) is 0 Å². The van der Waals surface area contributed by atoms with Crippen molar-refractivity contribution in [2.24, 2.45) is 0 Å². The second-order valence-electron chi connectivity index (χ2n) is 4.78. The fourth-order valence-corrected chi connectivity index (χ4v) is 3.03. The largest absolute Gasteiger partial charge is 0.373 e. The highest BCUT2D eigenvalue weighted by Gasteiger charge is 2.25. The molecule has 1 aliphatic rings. The van der Waals surface area contributed by atoms with Crippen molar-refractivity contribution in [3.05, 3.63) is 40.1 Å².